The Morgan fingerprint density at radius 2 is 2.00 bits per heavy atom. The van der Waals surface area contributed by atoms with Crippen molar-refractivity contribution in [3.63, 3.8) is 0 Å². The van der Waals surface area contributed by atoms with Gasteiger partial charge in [0.25, 0.3) is 0 Å². The predicted molar refractivity (Wildman–Crippen MR) is 77.9 cm³/mol. The number of carbonyl (C=O) groups is 1. The van der Waals surface area contributed by atoms with Gasteiger partial charge in [-0.05, 0) is 38.0 Å². The summed E-state index contributed by atoms with van der Waals surface area (Å²) in [5, 5.41) is 0. The fourth-order valence-electron chi connectivity index (χ4n) is 2.75. The number of hydrogen-bond donors (Lipinski definition) is 1. The minimum atomic E-state index is -0.118. The standard InChI is InChI=1S/C15H30N2O2/c1-4-13-7-9-15(12-16,10-8-13)19-11-5-6-14(18)17(2)3/h13H,4-12,16H2,1-3H3. The molecule has 0 bridgehead atoms. The Morgan fingerprint density at radius 3 is 2.47 bits per heavy atom. The van der Waals surface area contributed by atoms with Crippen LogP contribution in [0, 0.1) is 5.92 Å². The molecule has 19 heavy (non-hydrogen) atoms. The summed E-state index contributed by atoms with van der Waals surface area (Å²) >= 11 is 0. The third-order valence-electron chi connectivity index (χ3n) is 4.41. The fourth-order valence-corrected chi connectivity index (χ4v) is 2.75. The second-order valence-corrected chi connectivity index (χ2v) is 5.98. The minimum absolute atomic E-state index is 0.118. The van der Waals surface area contributed by atoms with Crippen LogP contribution in [-0.2, 0) is 9.53 Å². The van der Waals surface area contributed by atoms with Crippen LogP contribution in [0.5, 0.6) is 0 Å². The average Bonchev–Trinajstić information content (AvgIpc) is 2.43. The first-order chi connectivity index (χ1) is 9.03. The second-order valence-electron chi connectivity index (χ2n) is 5.98. The van der Waals surface area contributed by atoms with E-state index in [9.17, 15) is 4.79 Å². The van der Waals surface area contributed by atoms with Crippen LogP contribution in [0.25, 0.3) is 0 Å². The van der Waals surface area contributed by atoms with Crippen molar-refractivity contribution in [3.8, 4) is 0 Å². The molecule has 112 valence electrons. The molecule has 0 spiro atoms. The largest absolute Gasteiger partial charge is 0.374 e. The summed E-state index contributed by atoms with van der Waals surface area (Å²) < 4.78 is 6.05. The maximum atomic E-state index is 11.5. The average molecular weight is 270 g/mol. The summed E-state index contributed by atoms with van der Waals surface area (Å²) in [5.41, 5.74) is 5.80. The molecule has 0 aromatic rings. The molecule has 0 aromatic heterocycles. The minimum Gasteiger partial charge on any atom is -0.374 e. The first-order valence-corrected chi connectivity index (χ1v) is 7.57. The van der Waals surface area contributed by atoms with Crippen LogP contribution in [-0.4, -0.2) is 43.7 Å². The molecule has 1 aliphatic carbocycles. The van der Waals surface area contributed by atoms with Crippen LogP contribution in [0.3, 0.4) is 0 Å². The maximum Gasteiger partial charge on any atom is 0.222 e. The molecule has 0 aromatic carbocycles. The molecule has 1 saturated carbocycles. The molecule has 0 saturated heterocycles. The maximum absolute atomic E-state index is 11.5. The predicted octanol–water partition coefficient (Wildman–Crippen LogP) is 2.17. The van der Waals surface area contributed by atoms with Crippen LogP contribution < -0.4 is 5.73 Å². The molecule has 4 nitrogen and oxygen atoms in total. The highest BCUT2D eigenvalue weighted by Crippen LogP contribution is 2.35. The fraction of sp³-hybridized carbons (Fsp3) is 0.933. The summed E-state index contributed by atoms with van der Waals surface area (Å²) in [4.78, 5) is 13.1. The Balaban J connectivity index is 2.27. The van der Waals surface area contributed by atoms with Crippen molar-refractivity contribution >= 4 is 5.91 Å². The first-order valence-electron chi connectivity index (χ1n) is 7.57. The van der Waals surface area contributed by atoms with Crippen molar-refractivity contribution in [1.29, 1.82) is 0 Å². The van der Waals surface area contributed by atoms with E-state index in [0.717, 1.165) is 25.2 Å². The number of nitrogens with two attached hydrogens (primary N) is 1. The Hall–Kier alpha value is -0.610. The van der Waals surface area contributed by atoms with Gasteiger partial charge >= 0.3 is 0 Å². The number of nitrogens with zero attached hydrogens (tertiary/aromatic N) is 1. The first kappa shape index (κ1) is 16.4. The Kier molecular flexibility index (Phi) is 6.80. The molecule has 0 aliphatic heterocycles. The van der Waals surface area contributed by atoms with E-state index in [1.165, 1.54) is 19.3 Å². The smallest absolute Gasteiger partial charge is 0.222 e. The second kappa shape index (κ2) is 7.85. The van der Waals surface area contributed by atoms with Gasteiger partial charge < -0.3 is 15.4 Å². The van der Waals surface area contributed by atoms with Gasteiger partial charge in [-0.2, -0.15) is 0 Å². The molecule has 0 unspecified atom stereocenters. The molecule has 1 fully saturated rings. The van der Waals surface area contributed by atoms with Gasteiger partial charge in [-0.15, -0.1) is 0 Å². The van der Waals surface area contributed by atoms with Crippen molar-refractivity contribution < 1.29 is 9.53 Å². The third kappa shape index (κ3) is 5.11. The van der Waals surface area contributed by atoms with Gasteiger partial charge in [0.05, 0.1) is 5.60 Å². The zero-order chi connectivity index (χ0) is 14.3. The monoisotopic (exact) mass is 270 g/mol. The van der Waals surface area contributed by atoms with Gasteiger partial charge in [0.1, 0.15) is 0 Å². The van der Waals surface area contributed by atoms with E-state index in [0.29, 0.717) is 19.6 Å². The lowest BCUT2D eigenvalue weighted by molar-refractivity contribution is -0.129. The highest BCUT2D eigenvalue weighted by atomic mass is 16.5. The summed E-state index contributed by atoms with van der Waals surface area (Å²) in [6.45, 7) is 3.51. The molecule has 0 radical (unpaired) electrons. The van der Waals surface area contributed by atoms with Gasteiger partial charge in [0, 0.05) is 33.7 Å². The van der Waals surface area contributed by atoms with Crippen molar-refractivity contribution in [3.05, 3.63) is 0 Å². The van der Waals surface area contributed by atoms with Crippen LogP contribution in [0.2, 0.25) is 0 Å². The van der Waals surface area contributed by atoms with E-state index < -0.39 is 0 Å². The molecule has 4 heteroatoms. The van der Waals surface area contributed by atoms with Crippen LogP contribution in [0.4, 0.5) is 0 Å². The zero-order valence-electron chi connectivity index (χ0n) is 12.8. The highest BCUT2D eigenvalue weighted by molar-refractivity contribution is 5.75. The van der Waals surface area contributed by atoms with E-state index in [4.69, 9.17) is 10.5 Å². The van der Waals surface area contributed by atoms with Crippen molar-refractivity contribution in [1.82, 2.24) is 4.90 Å². The van der Waals surface area contributed by atoms with Crippen LogP contribution in [0.1, 0.15) is 51.9 Å². The molecular formula is C15H30N2O2. The van der Waals surface area contributed by atoms with E-state index in [1.807, 2.05) is 0 Å². The van der Waals surface area contributed by atoms with E-state index in [2.05, 4.69) is 6.92 Å². The van der Waals surface area contributed by atoms with Crippen LogP contribution >= 0.6 is 0 Å². The Morgan fingerprint density at radius 1 is 1.37 bits per heavy atom. The zero-order valence-corrected chi connectivity index (χ0v) is 12.8. The van der Waals surface area contributed by atoms with E-state index in [-0.39, 0.29) is 11.5 Å². The third-order valence-corrected chi connectivity index (χ3v) is 4.41. The van der Waals surface area contributed by atoms with Crippen molar-refractivity contribution in [2.45, 2.75) is 57.5 Å². The molecule has 2 N–H and O–H groups in total. The van der Waals surface area contributed by atoms with E-state index in [1.54, 1.807) is 19.0 Å². The van der Waals surface area contributed by atoms with Gasteiger partial charge in [-0.1, -0.05) is 13.3 Å². The Bertz CT molecular complexity index is 271. The summed E-state index contributed by atoms with van der Waals surface area (Å²) in [6, 6.07) is 0. The lowest BCUT2D eigenvalue weighted by Crippen LogP contribution is -2.44. The van der Waals surface area contributed by atoms with Gasteiger partial charge in [-0.25, -0.2) is 0 Å². The number of carbonyl (C=O) groups excluding carboxylic acids is 1. The van der Waals surface area contributed by atoms with E-state index >= 15 is 0 Å². The summed E-state index contributed by atoms with van der Waals surface area (Å²) in [6.07, 6.45) is 7.21. The van der Waals surface area contributed by atoms with Gasteiger partial charge in [0.15, 0.2) is 0 Å². The summed E-state index contributed by atoms with van der Waals surface area (Å²) in [7, 11) is 3.58. The molecule has 1 amide bonds. The molecule has 0 heterocycles. The lowest BCUT2D eigenvalue weighted by Gasteiger charge is -2.39. The quantitative estimate of drug-likeness (QED) is 0.721. The number of ether oxygens (including phenoxy) is 1. The van der Waals surface area contributed by atoms with Crippen molar-refractivity contribution in [2.24, 2.45) is 11.7 Å². The number of rotatable bonds is 7. The topological polar surface area (TPSA) is 55.6 Å². The van der Waals surface area contributed by atoms with Gasteiger partial charge in [0.2, 0.25) is 5.91 Å². The van der Waals surface area contributed by atoms with Crippen LogP contribution in [0.15, 0.2) is 0 Å². The highest BCUT2D eigenvalue weighted by Gasteiger charge is 2.34. The Labute approximate surface area is 117 Å². The molecule has 1 rings (SSSR count). The summed E-state index contributed by atoms with van der Waals surface area (Å²) in [5.74, 6) is 1.01. The normalized spacial score (nSPS) is 27.3. The lowest BCUT2D eigenvalue weighted by atomic mass is 9.77. The number of hydrogen-bond acceptors (Lipinski definition) is 3. The van der Waals surface area contributed by atoms with Crippen molar-refractivity contribution in [2.75, 3.05) is 27.2 Å². The van der Waals surface area contributed by atoms with Gasteiger partial charge in [-0.3, -0.25) is 4.79 Å². The molecular weight excluding hydrogens is 240 g/mol. The number of amides is 1. The SMILES string of the molecule is CCC1CCC(CN)(OCCCC(=O)N(C)C)CC1. The molecule has 1 aliphatic rings. The molecule has 0 atom stereocenters.